The van der Waals surface area contributed by atoms with Gasteiger partial charge in [-0.15, -0.1) is 6.58 Å². The fourth-order valence-electron chi connectivity index (χ4n) is 3.63. The summed E-state index contributed by atoms with van der Waals surface area (Å²) < 4.78 is 28.0. The van der Waals surface area contributed by atoms with Crippen molar-refractivity contribution >= 4 is 27.5 Å². The highest BCUT2D eigenvalue weighted by Gasteiger charge is 2.27. The second kappa shape index (κ2) is 9.78. The molecule has 0 spiro atoms. The minimum absolute atomic E-state index is 0.0143. The molecule has 8 heteroatoms. The Hall–Kier alpha value is -3.13. The first-order valence-corrected chi connectivity index (χ1v) is 11.7. The van der Waals surface area contributed by atoms with E-state index in [4.69, 9.17) is 0 Å². The van der Waals surface area contributed by atoms with Crippen LogP contribution < -0.4 is 10.0 Å². The summed E-state index contributed by atoms with van der Waals surface area (Å²) >= 11 is 0. The fourth-order valence-corrected chi connectivity index (χ4v) is 4.93. The highest BCUT2D eigenvalue weighted by atomic mass is 32.2. The Morgan fingerprint density at radius 1 is 1.13 bits per heavy atom. The van der Waals surface area contributed by atoms with E-state index in [1.54, 1.807) is 66.4 Å². The molecule has 1 aliphatic heterocycles. The van der Waals surface area contributed by atoms with Crippen LogP contribution in [0.15, 0.2) is 66.1 Å². The predicted octanol–water partition coefficient (Wildman–Crippen LogP) is 2.95. The van der Waals surface area contributed by atoms with Gasteiger partial charge in [0, 0.05) is 36.8 Å². The molecule has 0 aromatic heterocycles. The van der Waals surface area contributed by atoms with Gasteiger partial charge in [0.2, 0.25) is 5.91 Å². The number of piperidine rings is 1. The molecular weight excluding hydrogens is 414 g/mol. The Bertz CT molecular complexity index is 1070. The zero-order valence-corrected chi connectivity index (χ0v) is 18.3. The van der Waals surface area contributed by atoms with Crippen LogP contribution in [0.5, 0.6) is 0 Å². The number of anilines is 1. The quantitative estimate of drug-likeness (QED) is 0.646. The predicted molar refractivity (Wildman–Crippen MR) is 120 cm³/mol. The molecule has 0 saturated carbocycles. The van der Waals surface area contributed by atoms with Crippen LogP contribution in [-0.2, 0) is 14.8 Å². The van der Waals surface area contributed by atoms with Crippen molar-refractivity contribution in [2.75, 3.05) is 24.4 Å². The first-order valence-electron chi connectivity index (χ1n) is 10.2. The second-order valence-corrected chi connectivity index (χ2v) is 9.20. The van der Waals surface area contributed by atoms with E-state index in [9.17, 15) is 18.0 Å². The maximum absolute atomic E-state index is 12.9. The highest BCUT2D eigenvalue weighted by molar-refractivity contribution is 7.92. The molecule has 0 atom stereocenters. The Labute approximate surface area is 183 Å². The van der Waals surface area contributed by atoms with E-state index in [2.05, 4.69) is 16.6 Å². The van der Waals surface area contributed by atoms with E-state index in [0.29, 0.717) is 49.3 Å². The molecule has 1 saturated heterocycles. The van der Waals surface area contributed by atoms with Crippen LogP contribution >= 0.6 is 0 Å². The summed E-state index contributed by atoms with van der Waals surface area (Å²) in [6, 6.07) is 13.2. The van der Waals surface area contributed by atoms with Gasteiger partial charge >= 0.3 is 0 Å². The van der Waals surface area contributed by atoms with Crippen LogP contribution in [0.3, 0.4) is 0 Å². The molecule has 2 aromatic carbocycles. The lowest BCUT2D eigenvalue weighted by Gasteiger charge is -2.31. The van der Waals surface area contributed by atoms with Crippen molar-refractivity contribution in [3.05, 3.63) is 72.3 Å². The molecule has 164 valence electrons. The number of aryl methyl sites for hydroxylation is 1. The van der Waals surface area contributed by atoms with Crippen LogP contribution in [0.25, 0.3) is 0 Å². The monoisotopic (exact) mass is 441 g/mol. The van der Waals surface area contributed by atoms with Crippen LogP contribution in [0.1, 0.15) is 28.8 Å². The van der Waals surface area contributed by atoms with Gasteiger partial charge in [0.05, 0.1) is 4.90 Å². The molecule has 2 N–H and O–H groups in total. The molecule has 1 heterocycles. The average molecular weight is 442 g/mol. The number of rotatable bonds is 7. The molecule has 0 radical (unpaired) electrons. The topological polar surface area (TPSA) is 95.6 Å². The fraction of sp³-hybridized carbons (Fsp3) is 0.304. The summed E-state index contributed by atoms with van der Waals surface area (Å²) in [4.78, 5) is 26.9. The smallest absolute Gasteiger partial charge is 0.262 e. The van der Waals surface area contributed by atoms with Crippen molar-refractivity contribution in [1.29, 1.82) is 0 Å². The van der Waals surface area contributed by atoms with Gasteiger partial charge in [-0.1, -0.05) is 30.3 Å². The number of nitrogens with zero attached hydrogens (tertiary/aromatic N) is 1. The standard InChI is InChI=1S/C23H27N3O4S/c1-3-13-24-22(27)18-11-14-26(15-12-18)23(28)19-8-6-9-20(16-19)25-31(29,30)21-10-5-4-7-17(21)2/h3-10,16,18,25H,1,11-15H2,2H3,(H,24,27). The van der Waals surface area contributed by atoms with Gasteiger partial charge in [-0.05, 0) is 49.6 Å². The van der Waals surface area contributed by atoms with Gasteiger partial charge < -0.3 is 10.2 Å². The maximum atomic E-state index is 12.9. The number of sulfonamides is 1. The number of hydrogen-bond acceptors (Lipinski definition) is 4. The number of carbonyl (C=O) groups is 2. The molecule has 2 aromatic rings. The Morgan fingerprint density at radius 2 is 1.84 bits per heavy atom. The molecule has 0 bridgehead atoms. The van der Waals surface area contributed by atoms with Gasteiger partial charge in [-0.25, -0.2) is 8.42 Å². The summed E-state index contributed by atoms with van der Waals surface area (Å²) in [5.41, 5.74) is 1.37. The van der Waals surface area contributed by atoms with Crippen LogP contribution in [-0.4, -0.2) is 44.8 Å². The van der Waals surface area contributed by atoms with E-state index >= 15 is 0 Å². The summed E-state index contributed by atoms with van der Waals surface area (Å²) in [5.74, 6) is -0.308. The number of benzene rings is 2. The van der Waals surface area contributed by atoms with Crippen LogP contribution in [0.4, 0.5) is 5.69 Å². The maximum Gasteiger partial charge on any atom is 0.262 e. The molecule has 0 aliphatic carbocycles. The molecule has 2 amide bonds. The van der Waals surface area contributed by atoms with E-state index in [0.717, 1.165) is 0 Å². The van der Waals surface area contributed by atoms with Gasteiger partial charge in [0.25, 0.3) is 15.9 Å². The summed E-state index contributed by atoms with van der Waals surface area (Å²) in [5, 5.41) is 2.80. The summed E-state index contributed by atoms with van der Waals surface area (Å²) in [7, 11) is -3.76. The van der Waals surface area contributed by atoms with Gasteiger partial charge in [-0.3, -0.25) is 14.3 Å². The number of carbonyl (C=O) groups excluding carboxylic acids is 2. The van der Waals surface area contributed by atoms with Gasteiger partial charge in [0.15, 0.2) is 0 Å². The van der Waals surface area contributed by atoms with Gasteiger partial charge in [-0.2, -0.15) is 0 Å². The van der Waals surface area contributed by atoms with Crippen molar-refractivity contribution in [2.45, 2.75) is 24.7 Å². The lowest BCUT2D eigenvalue weighted by molar-refractivity contribution is -0.126. The Morgan fingerprint density at radius 3 is 2.52 bits per heavy atom. The SMILES string of the molecule is C=CCNC(=O)C1CCN(C(=O)c2cccc(NS(=O)(=O)c3ccccc3C)c2)CC1. The third-order valence-corrected chi connectivity index (χ3v) is 6.86. The third-order valence-electron chi connectivity index (χ3n) is 5.32. The largest absolute Gasteiger partial charge is 0.352 e. The highest BCUT2D eigenvalue weighted by Crippen LogP contribution is 2.23. The van der Waals surface area contributed by atoms with Crippen LogP contribution in [0.2, 0.25) is 0 Å². The Kier molecular flexibility index (Phi) is 7.12. The van der Waals surface area contributed by atoms with E-state index in [1.165, 1.54) is 0 Å². The van der Waals surface area contributed by atoms with E-state index < -0.39 is 10.0 Å². The van der Waals surface area contributed by atoms with Crippen molar-refractivity contribution in [2.24, 2.45) is 5.92 Å². The zero-order chi connectivity index (χ0) is 22.4. The molecule has 0 unspecified atom stereocenters. The molecular formula is C23H27N3O4S. The first-order chi connectivity index (χ1) is 14.8. The lowest BCUT2D eigenvalue weighted by atomic mass is 9.95. The molecule has 31 heavy (non-hydrogen) atoms. The summed E-state index contributed by atoms with van der Waals surface area (Å²) in [6.07, 6.45) is 2.82. The molecule has 1 aliphatic rings. The van der Waals surface area contributed by atoms with Crippen molar-refractivity contribution in [1.82, 2.24) is 10.2 Å². The minimum atomic E-state index is -3.76. The van der Waals surface area contributed by atoms with Crippen LogP contribution in [0, 0.1) is 12.8 Å². The number of nitrogens with one attached hydrogen (secondary N) is 2. The van der Waals surface area contributed by atoms with Crippen molar-refractivity contribution in [3.8, 4) is 0 Å². The van der Waals surface area contributed by atoms with Gasteiger partial charge in [0.1, 0.15) is 0 Å². The average Bonchev–Trinajstić information content (AvgIpc) is 2.77. The Balaban J connectivity index is 1.67. The van der Waals surface area contributed by atoms with Crippen molar-refractivity contribution < 1.29 is 18.0 Å². The number of hydrogen-bond donors (Lipinski definition) is 2. The second-order valence-electron chi connectivity index (χ2n) is 7.55. The lowest BCUT2D eigenvalue weighted by Crippen LogP contribution is -2.43. The third kappa shape index (κ3) is 5.52. The zero-order valence-electron chi connectivity index (χ0n) is 17.5. The number of likely N-dealkylation sites (tertiary alicyclic amines) is 1. The molecule has 1 fully saturated rings. The molecule has 3 rings (SSSR count). The minimum Gasteiger partial charge on any atom is -0.352 e. The normalized spacial score (nSPS) is 14.7. The number of amides is 2. The first kappa shape index (κ1) is 22.6. The summed E-state index contributed by atoms with van der Waals surface area (Å²) in [6.45, 7) is 6.71. The van der Waals surface area contributed by atoms with E-state index in [1.807, 2.05) is 0 Å². The van der Waals surface area contributed by atoms with Crippen molar-refractivity contribution in [3.63, 3.8) is 0 Å². The molecule has 7 nitrogen and oxygen atoms in total. The van der Waals surface area contributed by atoms with E-state index in [-0.39, 0.29) is 22.6 Å².